The Morgan fingerprint density at radius 2 is 1.69 bits per heavy atom. The molecule has 1 atom stereocenters. The van der Waals surface area contributed by atoms with Crippen LogP contribution in [0, 0.1) is 0 Å². The minimum atomic E-state index is -0.435. The molecule has 1 aliphatic carbocycles. The smallest absolute Gasteiger partial charge is 0.253 e. The van der Waals surface area contributed by atoms with E-state index in [1.807, 2.05) is 41.3 Å². The number of nitrogens with zero attached hydrogens (tertiary/aromatic N) is 1. The molecule has 0 unspecified atom stereocenters. The number of anilines is 2. The van der Waals surface area contributed by atoms with Gasteiger partial charge in [0.1, 0.15) is 11.4 Å². The lowest BCUT2D eigenvalue weighted by Gasteiger charge is -2.26. The Morgan fingerprint density at radius 1 is 0.938 bits per heavy atom. The molecule has 164 valence electrons. The Bertz CT molecular complexity index is 1200. The number of benzene rings is 2. The van der Waals surface area contributed by atoms with Crippen molar-refractivity contribution < 1.29 is 4.79 Å². The van der Waals surface area contributed by atoms with Gasteiger partial charge in [0.2, 0.25) is 0 Å². The molecular formula is C26H27N3O3. The van der Waals surface area contributed by atoms with Crippen molar-refractivity contribution in [3.63, 3.8) is 0 Å². The van der Waals surface area contributed by atoms with Crippen LogP contribution in [0.15, 0.2) is 58.1 Å². The molecule has 5 rings (SSSR count). The molecule has 0 bridgehead atoms. The van der Waals surface area contributed by atoms with Crippen LogP contribution in [-0.4, -0.2) is 19.0 Å². The van der Waals surface area contributed by atoms with Gasteiger partial charge in [0, 0.05) is 25.2 Å². The number of amides is 1. The number of nitrogens with one attached hydrogen (secondary N) is 2. The fraction of sp³-hybridized carbons (Fsp3) is 0.346. The average Bonchev–Trinajstić information content (AvgIpc) is 3.35. The van der Waals surface area contributed by atoms with E-state index in [1.165, 1.54) is 11.1 Å². The van der Waals surface area contributed by atoms with Gasteiger partial charge < -0.3 is 15.5 Å². The lowest BCUT2D eigenvalue weighted by Crippen LogP contribution is -2.41. The Kier molecular flexibility index (Phi) is 5.52. The van der Waals surface area contributed by atoms with Crippen molar-refractivity contribution in [2.24, 2.45) is 0 Å². The van der Waals surface area contributed by atoms with Gasteiger partial charge in [-0.15, -0.1) is 0 Å². The second-order valence-electron chi connectivity index (χ2n) is 8.74. The molecule has 0 spiro atoms. The molecule has 3 aromatic rings. The van der Waals surface area contributed by atoms with E-state index < -0.39 is 5.43 Å². The number of hydrogen-bond donors (Lipinski definition) is 2. The predicted molar refractivity (Wildman–Crippen MR) is 126 cm³/mol. The van der Waals surface area contributed by atoms with E-state index in [1.54, 1.807) is 0 Å². The van der Waals surface area contributed by atoms with E-state index in [-0.39, 0.29) is 17.4 Å². The van der Waals surface area contributed by atoms with Crippen molar-refractivity contribution in [2.45, 2.75) is 44.7 Å². The molecule has 6 heteroatoms. The van der Waals surface area contributed by atoms with Crippen molar-refractivity contribution in [1.82, 2.24) is 5.32 Å². The number of rotatable bonds is 6. The normalized spacial score (nSPS) is 17.9. The first kappa shape index (κ1) is 20.5. The quantitative estimate of drug-likeness (QED) is 0.588. The highest BCUT2D eigenvalue weighted by Crippen LogP contribution is 2.30. The minimum absolute atomic E-state index is 0.0481. The molecule has 2 aliphatic rings. The highest BCUT2D eigenvalue weighted by Gasteiger charge is 2.27. The number of carbonyl (C=O) groups excluding carboxylic acids is 1. The van der Waals surface area contributed by atoms with Crippen LogP contribution in [-0.2, 0) is 13.0 Å². The summed E-state index contributed by atoms with van der Waals surface area (Å²) < 4.78 is 0. The molecule has 1 heterocycles. The Labute approximate surface area is 187 Å². The first-order valence-corrected chi connectivity index (χ1v) is 11.4. The molecule has 0 radical (unpaired) electrons. The molecule has 1 saturated heterocycles. The lowest BCUT2D eigenvalue weighted by atomic mass is 9.87. The summed E-state index contributed by atoms with van der Waals surface area (Å²) >= 11 is 0. The minimum Gasteiger partial charge on any atom is -0.376 e. The lowest BCUT2D eigenvalue weighted by molar-refractivity contribution is 0.0932. The second-order valence-corrected chi connectivity index (χ2v) is 8.74. The van der Waals surface area contributed by atoms with Crippen molar-refractivity contribution in [1.29, 1.82) is 0 Å². The second kappa shape index (κ2) is 8.61. The van der Waals surface area contributed by atoms with E-state index in [0.717, 1.165) is 50.8 Å². The zero-order chi connectivity index (χ0) is 22.1. The molecule has 2 N–H and O–H groups in total. The van der Waals surface area contributed by atoms with Gasteiger partial charge in [0.15, 0.2) is 0 Å². The Balaban J connectivity index is 1.22. The molecule has 1 amide bonds. The van der Waals surface area contributed by atoms with Gasteiger partial charge in [-0.05, 0) is 60.9 Å². The van der Waals surface area contributed by atoms with Crippen LogP contribution in [0.1, 0.15) is 58.8 Å². The van der Waals surface area contributed by atoms with Crippen LogP contribution in [0.3, 0.4) is 0 Å². The SMILES string of the molecule is O=C(N[C@H]1CCCc2ccccc21)c1ccc(CNc2c(N3CCCC3)c(=O)c2=O)cc1. The highest BCUT2D eigenvalue weighted by molar-refractivity contribution is 5.94. The summed E-state index contributed by atoms with van der Waals surface area (Å²) in [5, 5.41) is 6.31. The molecule has 1 aliphatic heterocycles. The standard InChI is InChI=1S/C26H27N3O3/c30-24-22(23(25(24)31)29-14-3-4-15-29)27-16-17-10-12-19(13-11-17)26(32)28-21-9-5-7-18-6-1-2-8-20(18)21/h1-2,6,8,10-13,21,27H,3-5,7,9,14-16H2,(H,28,32)/t21-/m0/s1. The molecule has 32 heavy (non-hydrogen) atoms. The van der Waals surface area contributed by atoms with Crippen molar-refractivity contribution in [2.75, 3.05) is 23.3 Å². The Morgan fingerprint density at radius 3 is 2.47 bits per heavy atom. The number of aryl methyl sites for hydroxylation is 1. The Hall–Kier alpha value is -3.41. The highest BCUT2D eigenvalue weighted by atomic mass is 16.2. The van der Waals surface area contributed by atoms with Gasteiger partial charge in [-0.25, -0.2) is 0 Å². The molecule has 3 aromatic carbocycles. The van der Waals surface area contributed by atoms with Gasteiger partial charge in [0.05, 0.1) is 6.04 Å². The molecule has 6 nitrogen and oxygen atoms in total. The third-order valence-electron chi connectivity index (χ3n) is 6.67. The van der Waals surface area contributed by atoms with Crippen LogP contribution in [0.4, 0.5) is 11.4 Å². The van der Waals surface area contributed by atoms with Gasteiger partial charge in [0.25, 0.3) is 16.8 Å². The van der Waals surface area contributed by atoms with Gasteiger partial charge in [-0.3, -0.25) is 14.4 Å². The van der Waals surface area contributed by atoms with Gasteiger partial charge in [-0.1, -0.05) is 36.4 Å². The zero-order valence-corrected chi connectivity index (χ0v) is 18.0. The summed E-state index contributed by atoms with van der Waals surface area (Å²) in [5.41, 5.74) is 4.24. The predicted octanol–water partition coefficient (Wildman–Crippen LogP) is 3.30. The fourth-order valence-electron chi connectivity index (χ4n) is 4.90. The summed E-state index contributed by atoms with van der Waals surface area (Å²) in [7, 11) is 0. The van der Waals surface area contributed by atoms with Crippen molar-refractivity contribution >= 4 is 17.3 Å². The first-order valence-electron chi connectivity index (χ1n) is 11.4. The third-order valence-corrected chi connectivity index (χ3v) is 6.67. The number of carbonyl (C=O) groups is 1. The summed E-state index contributed by atoms with van der Waals surface area (Å²) in [5.74, 6) is -0.0787. The average molecular weight is 430 g/mol. The van der Waals surface area contributed by atoms with Crippen LogP contribution in [0.2, 0.25) is 0 Å². The van der Waals surface area contributed by atoms with E-state index in [2.05, 4.69) is 22.8 Å². The summed E-state index contributed by atoms with van der Waals surface area (Å²) in [6.45, 7) is 2.09. The van der Waals surface area contributed by atoms with Crippen LogP contribution < -0.4 is 26.4 Å². The third kappa shape index (κ3) is 3.81. The maximum absolute atomic E-state index is 12.8. The van der Waals surface area contributed by atoms with Gasteiger partial charge in [-0.2, -0.15) is 0 Å². The van der Waals surface area contributed by atoms with Crippen LogP contribution in [0.25, 0.3) is 0 Å². The topological polar surface area (TPSA) is 78.5 Å². The zero-order valence-electron chi connectivity index (χ0n) is 18.0. The maximum atomic E-state index is 12.8. The van der Waals surface area contributed by atoms with E-state index in [4.69, 9.17) is 0 Å². The first-order chi connectivity index (χ1) is 15.6. The van der Waals surface area contributed by atoms with Crippen molar-refractivity contribution in [3.8, 4) is 0 Å². The number of hydrogen-bond acceptors (Lipinski definition) is 5. The molecule has 0 aromatic heterocycles. The monoisotopic (exact) mass is 429 g/mol. The molecule has 0 saturated carbocycles. The molecular weight excluding hydrogens is 402 g/mol. The van der Waals surface area contributed by atoms with E-state index >= 15 is 0 Å². The number of fused-ring (bicyclic) bond motifs is 1. The summed E-state index contributed by atoms with van der Waals surface area (Å²) in [6.07, 6.45) is 5.19. The van der Waals surface area contributed by atoms with Gasteiger partial charge >= 0.3 is 0 Å². The van der Waals surface area contributed by atoms with E-state index in [9.17, 15) is 14.4 Å². The fourth-order valence-corrected chi connectivity index (χ4v) is 4.90. The van der Waals surface area contributed by atoms with E-state index in [0.29, 0.717) is 23.5 Å². The summed E-state index contributed by atoms with van der Waals surface area (Å²) in [6, 6.07) is 15.8. The van der Waals surface area contributed by atoms with Crippen LogP contribution in [0.5, 0.6) is 0 Å². The molecule has 1 fully saturated rings. The largest absolute Gasteiger partial charge is 0.376 e. The van der Waals surface area contributed by atoms with Crippen molar-refractivity contribution in [3.05, 3.63) is 91.2 Å². The maximum Gasteiger partial charge on any atom is 0.253 e. The van der Waals surface area contributed by atoms with Crippen LogP contribution >= 0.6 is 0 Å². The summed E-state index contributed by atoms with van der Waals surface area (Å²) in [4.78, 5) is 38.8.